The predicted octanol–water partition coefficient (Wildman–Crippen LogP) is 7.76. The van der Waals surface area contributed by atoms with E-state index in [-0.39, 0.29) is 30.3 Å². The van der Waals surface area contributed by atoms with E-state index in [1.807, 2.05) is 12.1 Å². The molecule has 0 bridgehead atoms. The number of hydrogen-bond donors (Lipinski definition) is 0. The van der Waals surface area contributed by atoms with Crippen LogP contribution in [0.1, 0.15) is 63.9 Å². The summed E-state index contributed by atoms with van der Waals surface area (Å²) in [6.45, 7) is 4.27. The number of likely N-dealkylation sites (N-methyl/N-ethyl adjacent to an activating group) is 1. The number of esters is 2. The molecule has 15 nitrogen and oxygen atoms in total. The molecule has 0 unspecified atom stereocenters. The normalized spacial score (nSPS) is 20.2. The summed E-state index contributed by atoms with van der Waals surface area (Å²) in [6.07, 6.45) is 5.28. The van der Waals surface area contributed by atoms with Gasteiger partial charge in [0.25, 0.3) is 0 Å². The van der Waals surface area contributed by atoms with E-state index in [0.29, 0.717) is 82.0 Å². The average Bonchev–Trinajstić information content (AvgIpc) is 3.37. The van der Waals surface area contributed by atoms with Crippen LogP contribution in [0.5, 0.6) is 51.7 Å². The Morgan fingerprint density at radius 1 is 0.551 bits per heavy atom. The monoisotopic (exact) mass is 974 g/mol. The van der Waals surface area contributed by atoms with Gasteiger partial charge in [-0.3, -0.25) is 0 Å². The molecular formula is C53H67ClN2O13+2. The Balaban J connectivity index is 0.985. The summed E-state index contributed by atoms with van der Waals surface area (Å²) in [5.74, 6) is 4.25. The third-order valence-electron chi connectivity index (χ3n) is 14.4. The van der Waals surface area contributed by atoms with Crippen LogP contribution < -0.4 is 42.6 Å². The summed E-state index contributed by atoms with van der Waals surface area (Å²) in [5, 5.41) is -0.343. The summed E-state index contributed by atoms with van der Waals surface area (Å²) < 4.78 is 64.0. The Kier molecular flexibility index (Phi) is 16.3. The zero-order chi connectivity index (χ0) is 49.5. The van der Waals surface area contributed by atoms with Gasteiger partial charge in [-0.1, -0.05) is 11.6 Å². The maximum absolute atomic E-state index is 13.1. The van der Waals surface area contributed by atoms with Crippen molar-refractivity contribution in [2.75, 3.05) is 117 Å². The highest BCUT2D eigenvalue weighted by molar-refractivity contribution is 6.42. The molecule has 0 radical (unpaired) electrons. The number of carbonyl (C=O) groups is 2. The van der Waals surface area contributed by atoms with E-state index >= 15 is 0 Å². The van der Waals surface area contributed by atoms with Crippen molar-refractivity contribution in [2.45, 2.75) is 50.6 Å². The van der Waals surface area contributed by atoms with Crippen LogP contribution in [0.15, 0.2) is 59.6 Å². The molecule has 0 aliphatic carbocycles. The van der Waals surface area contributed by atoms with Crippen molar-refractivity contribution >= 4 is 23.5 Å². The van der Waals surface area contributed by atoms with E-state index < -0.39 is 11.9 Å². The Morgan fingerprint density at radius 2 is 0.986 bits per heavy atom. The highest BCUT2D eigenvalue weighted by Crippen LogP contribution is 2.50. The van der Waals surface area contributed by atoms with Crippen molar-refractivity contribution in [3.05, 3.63) is 98.6 Å². The standard InChI is InChI=1S/C53H67ClN2O13/c1-55(18-13-34-26-42(59-2)45(62-5)29-37(34)41(55)23-33-24-48(65-8)52(67-10)49(25-33)66-9)16-11-22-69-53(58)40(54)32-50(57)68-21-12-17-56-19-14-35-27-43(60-3)46(63-6)30-38(35)51(56)39-31-47(64-7)44(61-4)28-36(39)15-20-56/h24-32,41,51H,11-23H2,1-10H3/q+2/b40-32-/t41-,51?,55-,56?/m1/s1. The molecule has 0 fully saturated rings. The quantitative estimate of drug-likeness (QED) is 0.0349. The third kappa shape index (κ3) is 10.5. The fourth-order valence-electron chi connectivity index (χ4n) is 10.8. The van der Waals surface area contributed by atoms with Crippen molar-refractivity contribution in [3.8, 4) is 51.7 Å². The Labute approximate surface area is 410 Å². The van der Waals surface area contributed by atoms with E-state index in [1.165, 1.54) is 27.8 Å². The molecule has 0 spiro atoms. The molecule has 0 amide bonds. The van der Waals surface area contributed by atoms with E-state index in [2.05, 4.69) is 43.4 Å². The number of hydrogen-bond acceptors (Lipinski definition) is 13. The van der Waals surface area contributed by atoms with Crippen molar-refractivity contribution in [1.82, 2.24) is 0 Å². The minimum atomic E-state index is -0.787. The summed E-state index contributed by atoms with van der Waals surface area (Å²) in [6, 6.07) is 16.4. The largest absolute Gasteiger partial charge is 0.493 e. The van der Waals surface area contributed by atoms with Gasteiger partial charge in [0.05, 0.1) is 117 Å². The van der Waals surface area contributed by atoms with Crippen LogP contribution in [0.25, 0.3) is 0 Å². The Hall–Kier alpha value is -6.03. The van der Waals surface area contributed by atoms with Crippen LogP contribution >= 0.6 is 11.6 Å². The molecule has 0 aromatic heterocycles. The molecule has 7 rings (SSSR count). The molecule has 3 aliphatic rings. The lowest BCUT2D eigenvalue weighted by molar-refractivity contribution is -0.955. The minimum absolute atomic E-state index is 0.0160. The van der Waals surface area contributed by atoms with Gasteiger partial charge in [0.1, 0.15) is 17.1 Å². The Bertz CT molecular complexity index is 2450. The van der Waals surface area contributed by atoms with E-state index in [4.69, 9.17) is 63.7 Å². The highest BCUT2D eigenvalue weighted by atomic mass is 35.5. The summed E-state index contributed by atoms with van der Waals surface area (Å²) >= 11 is 6.38. The number of benzene rings is 4. The van der Waals surface area contributed by atoms with Crippen LogP contribution in [0.3, 0.4) is 0 Å². The topological polar surface area (TPSA) is 136 Å². The fourth-order valence-corrected chi connectivity index (χ4v) is 10.9. The van der Waals surface area contributed by atoms with Crippen molar-refractivity contribution in [1.29, 1.82) is 0 Å². The average molecular weight is 976 g/mol. The van der Waals surface area contributed by atoms with Crippen LogP contribution in [-0.2, 0) is 44.7 Å². The first-order chi connectivity index (χ1) is 33.3. The number of ether oxygens (including phenoxy) is 11. The van der Waals surface area contributed by atoms with Crippen molar-refractivity contribution < 1.29 is 70.7 Å². The van der Waals surface area contributed by atoms with Gasteiger partial charge in [-0.2, -0.15) is 0 Å². The third-order valence-corrected chi connectivity index (χ3v) is 14.6. The van der Waals surface area contributed by atoms with Gasteiger partial charge in [0.2, 0.25) is 5.75 Å². The molecule has 0 saturated heterocycles. The maximum atomic E-state index is 13.1. The fraction of sp³-hybridized carbons (Fsp3) is 0.472. The first kappa shape index (κ1) is 50.8. The highest BCUT2D eigenvalue weighted by Gasteiger charge is 2.48. The number of carbonyl (C=O) groups excluding carboxylic acids is 2. The predicted molar refractivity (Wildman–Crippen MR) is 260 cm³/mol. The Morgan fingerprint density at radius 3 is 1.48 bits per heavy atom. The zero-order valence-electron chi connectivity index (χ0n) is 41.6. The van der Waals surface area contributed by atoms with Crippen LogP contribution in [0.4, 0.5) is 0 Å². The van der Waals surface area contributed by atoms with Gasteiger partial charge in [0.15, 0.2) is 46.0 Å². The first-order valence-electron chi connectivity index (χ1n) is 23.3. The van der Waals surface area contributed by atoms with Gasteiger partial charge in [0, 0.05) is 61.3 Å². The summed E-state index contributed by atoms with van der Waals surface area (Å²) in [5.41, 5.74) is 8.09. The number of quaternary nitrogens is 2. The zero-order valence-corrected chi connectivity index (χ0v) is 42.4. The molecule has 69 heavy (non-hydrogen) atoms. The molecule has 0 saturated carbocycles. The number of methoxy groups -OCH3 is 9. The molecule has 3 aliphatic heterocycles. The molecule has 4 aromatic carbocycles. The van der Waals surface area contributed by atoms with Gasteiger partial charge in [-0.15, -0.1) is 0 Å². The smallest absolute Gasteiger partial charge is 0.350 e. The lowest BCUT2D eigenvalue weighted by Gasteiger charge is -2.51. The van der Waals surface area contributed by atoms with E-state index in [0.717, 1.165) is 67.1 Å². The lowest BCUT2D eigenvalue weighted by atomic mass is 9.79. The molecule has 4 aromatic rings. The van der Waals surface area contributed by atoms with Gasteiger partial charge >= 0.3 is 11.9 Å². The van der Waals surface area contributed by atoms with Crippen LogP contribution in [-0.4, -0.2) is 138 Å². The second kappa shape index (κ2) is 22.2. The number of fused-ring (bicyclic) bond motifs is 6. The molecule has 2 atom stereocenters. The number of nitrogens with zero attached hydrogens (tertiary/aromatic N) is 2. The molecular weight excluding hydrogens is 908 g/mol. The minimum Gasteiger partial charge on any atom is -0.493 e. The molecule has 372 valence electrons. The molecule has 16 heteroatoms. The second-order valence-corrected chi connectivity index (χ2v) is 18.4. The van der Waals surface area contributed by atoms with E-state index in [1.54, 1.807) is 64.0 Å². The van der Waals surface area contributed by atoms with E-state index in [9.17, 15) is 9.59 Å². The van der Waals surface area contributed by atoms with Gasteiger partial charge in [-0.05, 0) is 70.8 Å². The SMILES string of the molecule is COc1cc2c(cc1OC)C1c3cc(OC)c(OC)cc3CC[N+]1(CCCOC(=O)/C=C(\Cl)C(=O)OCCC[N@+]1(C)CCc3cc(OC)c(OC)cc3[C@H]1Cc1cc(OC)c(OC)c(OC)c1)CC2. The van der Waals surface area contributed by atoms with Crippen LogP contribution in [0, 0.1) is 0 Å². The lowest BCUT2D eigenvalue weighted by Crippen LogP contribution is -2.58. The second-order valence-electron chi connectivity index (χ2n) is 17.9. The number of rotatable bonds is 21. The molecule has 0 N–H and O–H groups in total. The van der Waals surface area contributed by atoms with Gasteiger partial charge in [-0.25, -0.2) is 9.59 Å². The maximum Gasteiger partial charge on any atom is 0.350 e. The summed E-state index contributed by atoms with van der Waals surface area (Å²) in [7, 11) is 16.9. The van der Waals surface area contributed by atoms with Crippen molar-refractivity contribution in [3.63, 3.8) is 0 Å². The summed E-state index contributed by atoms with van der Waals surface area (Å²) in [4.78, 5) is 26.2. The van der Waals surface area contributed by atoms with Crippen LogP contribution in [0.2, 0.25) is 0 Å². The van der Waals surface area contributed by atoms with Gasteiger partial charge < -0.3 is 61.1 Å². The number of halogens is 1. The van der Waals surface area contributed by atoms with Crippen molar-refractivity contribution in [2.24, 2.45) is 0 Å². The molecule has 3 heterocycles. The first-order valence-corrected chi connectivity index (χ1v) is 23.7.